The molecule has 0 spiro atoms. The molecule has 1 unspecified atom stereocenters. The Morgan fingerprint density at radius 2 is 2.05 bits per heavy atom. The molecule has 124 valence electrons. The molecule has 1 aromatic carbocycles. The molecule has 1 aliphatic rings. The van der Waals surface area contributed by atoms with Crippen LogP contribution in [0.25, 0.3) is 0 Å². The van der Waals surface area contributed by atoms with E-state index in [0.717, 1.165) is 6.54 Å². The third-order valence-electron chi connectivity index (χ3n) is 5.05. The summed E-state index contributed by atoms with van der Waals surface area (Å²) < 4.78 is 0. The van der Waals surface area contributed by atoms with E-state index in [1.165, 1.54) is 44.1 Å². The molecule has 0 aromatic heterocycles. The number of aliphatic hydroxyl groups excluding tert-OH is 1. The van der Waals surface area contributed by atoms with Crippen LogP contribution in [0, 0.1) is 0 Å². The highest BCUT2D eigenvalue weighted by Crippen LogP contribution is 2.31. The molecule has 3 atom stereocenters. The first-order valence-corrected chi connectivity index (χ1v) is 8.90. The number of hydrogen-bond donors (Lipinski definition) is 2. The highest BCUT2D eigenvalue weighted by Gasteiger charge is 2.33. The van der Waals surface area contributed by atoms with Crippen LogP contribution in [0.15, 0.2) is 30.3 Å². The number of benzene rings is 1. The van der Waals surface area contributed by atoms with E-state index in [0.29, 0.717) is 12.1 Å². The van der Waals surface area contributed by atoms with Crippen molar-refractivity contribution in [3.8, 4) is 0 Å². The minimum absolute atomic E-state index is 0.129. The molecular formula is C19H32N2O. The van der Waals surface area contributed by atoms with Crippen molar-refractivity contribution in [2.24, 2.45) is 0 Å². The zero-order valence-corrected chi connectivity index (χ0v) is 14.2. The average molecular weight is 304 g/mol. The first-order chi connectivity index (χ1) is 10.8. The predicted octanol–water partition coefficient (Wildman–Crippen LogP) is 3.35. The fraction of sp³-hybridized carbons (Fsp3) is 0.684. The summed E-state index contributed by atoms with van der Waals surface area (Å²) in [6, 6.07) is 11.7. The van der Waals surface area contributed by atoms with Gasteiger partial charge in [-0.25, -0.2) is 0 Å². The van der Waals surface area contributed by atoms with Crippen molar-refractivity contribution in [1.82, 2.24) is 10.2 Å². The lowest BCUT2D eigenvalue weighted by Gasteiger charge is -2.44. The molecular weight excluding hydrogens is 272 g/mol. The van der Waals surface area contributed by atoms with Gasteiger partial charge in [0.2, 0.25) is 0 Å². The maximum Gasteiger partial charge on any atom is 0.0628 e. The lowest BCUT2D eigenvalue weighted by atomic mass is 9.89. The largest absolute Gasteiger partial charge is 0.394 e. The highest BCUT2D eigenvalue weighted by molar-refractivity contribution is 5.19. The first-order valence-electron chi connectivity index (χ1n) is 8.90. The Morgan fingerprint density at radius 3 is 2.68 bits per heavy atom. The van der Waals surface area contributed by atoms with E-state index >= 15 is 0 Å². The highest BCUT2D eigenvalue weighted by atomic mass is 16.3. The molecule has 1 aromatic rings. The standard InChI is InChI=1S/C19H32N2O/c1-3-4-12-17(20-2)18-13-8-9-14-21(18)19(15-22)16-10-6-5-7-11-16/h5-7,10-11,17-20,22H,3-4,8-9,12-15H2,1-2H3/t17-,18+,19?/m1/s1. The second-order valence-corrected chi connectivity index (χ2v) is 6.45. The van der Waals surface area contributed by atoms with Crippen molar-refractivity contribution >= 4 is 0 Å². The van der Waals surface area contributed by atoms with Gasteiger partial charge >= 0.3 is 0 Å². The minimum Gasteiger partial charge on any atom is -0.394 e. The summed E-state index contributed by atoms with van der Waals surface area (Å²) in [4.78, 5) is 2.55. The van der Waals surface area contributed by atoms with E-state index in [-0.39, 0.29) is 12.6 Å². The van der Waals surface area contributed by atoms with Gasteiger partial charge in [0.15, 0.2) is 0 Å². The van der Waals surface area contributed by atoms with Crippen LogP contribution in [0.5, 0.6) is 0 Å². The van der Waals surface area contributed by atoms with E-state index in [1.807, 2.05) is 6.07 Å². The van der Waals surface area contributed by atoms with Crippen LogP contribution in [0.3, 0.4) is 0 Å². The predicted molar refractivity (Wildman–Crippen MR) is 93.0 cm³/mol. The molecule has 22 heavy (non-hydrogen) atoms. The van der Waals surface area contributed by atoms with Gasteiger partial charge in [-0.2, -0.15) is 0 Å². The summed E-state index contributed by atoms with van der Waals surface area (Å²) in [5, 5.41) is 13.6. The fourth-order valence-corrected chi connectivity index (χ4v) is 3.83. The van der Waals surface area contributed by atoms with Crippen LogP contribution in [0.4, 0.5) is 0 Å². The molecule has 0 bridgehead atoms. The Hall–Kier alpha value is -0.900. The number of rotatable bonds is 8. The second kappa shape index (κ2) is 9.29. The lowest BCUT2D eigenvalue weighted by Crippen LogP contribution is -2.53. The zero-order chi connectivity index (χ0) is 15.8. The molecule has 0 aliphatic carbocycles. The number of aliphatic hydroxyl groups is 1. The van der Waals surface area contributed by atoms with Crippen molar-refractivity contribution in [1.29, 1.82) is 0 Å². The summed E-state index contributed by atoms with van der Waals surface area (Å²) in [5.74, 6) is 0. The van der Waals surface area contributed by atoms with E-state index in [2.05, 4.69) is 48.5 Å². The molecule has 1 saturated heterocycles. The third kappa shape index (κ3) is 4.31. The summed E-state index contributed by atoms with van der Waals surface area (Å²) in [5.41, 5.74) is 1.24. The van der Waals surface area contributed by atoms with Crippen LogP contribution in [-0.2, 0) is 0 Å². The van der Waals surface area contributed by atoms with Crippen LogP contribution < -0.4 is 5.32 Å². The maximum absolute atomic E-state index is 10.0. The maximum atomic E-state index is 10.0. The molecule has 1 fully saturated rings. The molecule has 0 saturated carbocycles. The summed E-state index contributed by atoms with van der Waals surface area (Å²) in [7, 11) is 2.09. The first kappa shape index (κ1) is 17.5. The number of unbranched alkanes of at least 4 members (excludes halogenated alkanes) is 1. The van der Waals surface area contributed by atoms with E-state index in [9.17, 15) is 5.11 Å². The molecule has 3 heteroatoms. The molecule has 0 radical (unpaired) electrons. The van der Waals surface area contributed by atoms with Gasteiger partial charge < -0.3 is 10.4 Å². The van der Waals surface area contributed by atoms with Gasteiger partial charge in [-0.1, -0.05) is 56.5 Å². The van der Waals surface area contributed by atoms with Crippen LogP contribution in [0.1, 0.15) is 57.1 Å². The summed E-state index contributed by atoms with van der Waals surface area (Å²) in [6.07, 6.45) is 7.51. The number of hydrogen-bond acceptors (Lipinski definition) is 3. The lowest BCUT2D eigenvalue weighted by molar-refractivity contribution is 0.0372. The van der Waals surface area contributed by atoms with Gasteiger partial charge in [0, 0.05) is 12.1 Å². The van der Waals surface area contributed by atoms with E-state index < -0.39 is 0 Å². The molecule has 2 rings (SSSR count). The monoisotopic (exact) mass is 304 g/mol. The van der Waals surface area contributed by atoms with Crippen LogP contribution >= 0.6 is 0 Å². The number of likely N-dealkylation sites (N-methyl/N-ethyl adjacent to an activating group) is 1. The summed E-state index contributed by atoms with van der Waals surface area (Å²) in [6.45, 7) is 3.55. The Kier molecular flexibility index (Phi) is 7.37. The van der Waals surface area contributed by atoms with Gasteiger partial charge in [0.05, 0.1) is 12.6 Å². The summed E-state index contributed by atoms with van der Waals surface area (Å²) >= 11 is 0. The van der Waals surface area contributed by atoms with Crippen LogP contribution in [0.2, 0.25) is 0 Å². The Bertz CT molecular complexity index is 409. The topological polar surface area (TPSA) is 35.5 Å². The van der Waals surface area contributed by atoms with Crippen molar-refractivity contribution in [3.63, 3.8) is 0 Å². The second-order valence-electron chi connectivity index (χ2n) is 6.45. The molecule has 0 amide bonds. The van der Waals surface area contributed by atoms with Gasteiger partial charge in [-0.15, -0.1) is 0 Å². The SMILES string of the molecule is CCCC[C@@H](NC)[C@@H]1CCCCN1C(CO)c1ccccc1. The smallest absolute Gasteiger partial charge is 0.0628 e. The van der Waals surface area contributed by atoms with Crippen LogP contribution in [-0.4, -0.2) is 42.3 Å². The number of nitrogens with zero attached hydrogens (tertiary/aromatic N) is 1. The zero-order valence-electron chi connectivity index (χ0n) is 14.2. The third-order valence-corrected chi connectivity index (χ3v) is 5.05. The molecule has 3 nitrogen and oxygen atoms in total. The normalized spacial score (nSPS) is 22.4. The Balaban J connectivity index is 2.16. The number of nitrogens with one attached hydrogen (secondary N) is 1. The van der Waals surface area contributed by atoms with E-state index in [4.69, 9.17) is 0 Å². The van der Waals surface area contributed by atoms with Gasteiger partial charge in [0.1, 0.15) is 0 Å². The average Bonchev–Trinajstić information content (AvgIpc) is 2.58. The van der Waals surface area contributed by atoms with Gasteiger partial charge in [-0.05, 0) is 38.4 Å². The minimum atomic E-state index is 0.129. The number of likely N-dealkylation sites (tertiary alicyclic amines) is 1. The molecule has 1 heterocycles. The van der Waals surface area contributed by atoms with Gasteiger partial charge in [0.25, 0.3) is 0 Å². The molecule has 2 N–H and O–H groups in total. The molecule has 1 aliphatic heterocycles. The number of piperidine rings is 1. The van der Waals surface area contributed by atoms with Crippen molar-refractivity contribution in [2.45, 2.75) is 63.6 Å². The Morgan fingerprint density at radius 1 is 1.27 bits per heavy atom. The van der Waals surface area contributed by atoms with Gasteiger partial charge in [-0.3, -0.25) is 4.90 Å². The quantitative estimate of drug-likeness (QED) is 0.773. The van der Waals surface area contributed by atoms with Crippen molar-refractivity contribution in [3.05, 3.63) is 35.9 Å². The van der Waals surface area contributed by atoms with Crippen molar-refractivity contribution in [2.75, 3.05) is 20.2 Å². The van der Waals surface area contributed by atoms with E-state index in [1.54, 1.807) is 0 Å². The fourth-order valence-electron chi connectivity index (χ4n) is 3.83. The van der Waals surface area contributed by atoms with Crippen molar-refractivity contribution < 1.29 is 5.11 Å². The Labute approximate surface area is 135 Å².